The summed E-state index contributed by atoms with van der Waals surface area (Å²) in [6.45, 7) is 0.191. The lowest BCUT2D eigenvalue weighted by Crippen LogP contribution is -3.00. The highest BCUT2D eigenvalue weighted by atomic mass is 79.9. The van der Waals surface area contributed by atoms with Crippen LogP contribution in [0.1, 0.15) is 34.1 Å². The first-order valence-corrected chi connectivity index (χ1v) is 12.2. The average molecular weight is 632 g/mol. The first kappa shape index (κ1) is 28.4. The van der Waals surface area contributed by atoms with Crippen LogP contribution >= 0.6 is 46.4 Å². The Hall–Kier alpha value is -2.13. The molecule has 0 radical (unpaired) electrons. The number of benzene rings is 3. The maximum atomic E-state index is 11.5. The van der Waals surface area contributed by atoms with Gasteiger partial charge in [-0.1, -0.05) is 82.8 Å². The predicted octanol–water partition coefficient (Wildman–Crippen LogP) is 4.46. The zero-order valence-corrected chi connectivity index (χ0v) is 23.2. The van der Waals surface area contributed by atoms with E-state index in [1.807, 2.05) is 12.1 Å². The fourth-order valence-electron chi connectivity index (χ4n) is 3.72. The van der Waals surface area contributed by atoms with Crippen LogP contribution in [0.4, 0.5) is 5.69 Å². The number of para-hydroxylation sites is 1. The zero-order chi connectivity index (χ0) is 24.9. The number of ether oxygens (including phenoxy) is 1. The molecule has 4 rings (SSSR count). The van der Waals surface area contributed by atoms with Crippen molar-refractivity contribution in [2.75, 3.05) is 0 Å². The number of hydrogen-bond acceptors (Lipinski definition) is 3. The molecule has 11 heteroatoms. The molecule has 0 aliphatic rings. The summed E-state index contributed by atoms with van der Waals surface area (Å²) in [6, 6.07) is 19.0. The van der Waals surface area contributed by atoms with Gasteiger partial charge in [0.2, 0.25) is 5.50 Å². The minimum absolute atomic E-state index is 0. The van der Waals surface area contributed by atoms with Crippen molar-refractivity contribution in [2.45, 2.75) is 24.6 Å². The van der Waals surface area contributed by atoms with Crippen molar-refractivity contribution < 1.29 is 31.2 Å². The highest BCUT2D eigenvalue weighted by Crippen LogP contribution is 2.33. The maximum absolute atomic E-state index is 11.5. The number of nitrogens with one attached hydrogen (secondary N) is 1. The molecule has 0 aliphatic heterocycles. The Balaban J connectivity index is 0.00000361. The summed E-state index contributed by atoms with van der Waals surface area (Å²) in [5.41, 5.74) is 1.49. The van der Waals surface area contributed by atoms with E-state index in [0.29, 0.717) is 26.5 Å². The van der Waals surface area contributed by atoms with Crippen LogP contribution in [0, 0.1) is 10.1 Å². The van der Waals surface area contributed by atoms with Gasteiger partial charge >= 0.3 is 0 Å². The van der Waals surface area contributed by atoms with E-state index in [0.717, 1.165) is 11.1 Å². The van der Waals surface area contributed by atoms with E-state index >= 15 is 0 Å². The Morgan fingerprint density at radius 1 is 0.972 bits per heavy atom. The van der Waals surface area contributed by atoms with E-state index in [1.54, 1.807) is 65.5 Å². The molecule has 2 unspecified atom stereocenters. The number of rotatable bonds is 9. The summed E-state index contributed by atoms with van der Waals surface area (Å²) in [6.07, 6.45) is 3.20. The molecule has 0 aliphatic carbocycles. The fourth-order valence-corrected chi connectivity index (χ4v) is 4.71. The van der Waals surface area contributed by atoms with Gasteiger partial charge in [0.05, 0.1) is 18.0 Å². The Bertz CT molecular complexity index is 1330. The number of aromatic nitrogens is 2. The quantitative estimate of drug-likeness (QED) is 0.128. The number of imidazole rings is 1. The molecule has 0 fully saturated rings. The summed E-state index contributed by atoms with van der Waals surface area (Å²) in [7, 11) is 0. The molecule has 0 bridgehead atoms. The van der Waals surface area contributed by atoms with E-state index in [2.05, 4.69) is 4.98 Å². The summed E-state index contributed by atoms with van der Waals surface area (Å²) in [5.74, 6) is 0.686. The molecule has 1 aromatic heterocycles. The average Bonchev–Trinajstić information content (AvgIpc) is 3.29. The molecule has 36 heavy (non-hydrogen) atoms. The van der Waals surface area contributed by atoms with Crippen molar-refractivity contribution in [1.82, 2.24) is 4.98 Å². The standard InChI is InChI=1S/C25H19Cl4N3O3.BrH/c26-19-8-5-16(6-9-19)24(35-15-18-7-10-20(27)14-21(18)28)25(29)31-12-11-30-23(31)13-17-3-1-2-4-22(17)32(33)34;/h1-12,14,24-25H,13,15H2;1H. The molecule has 4 aromatic rings. The first-order valence-electron chi connectivity index (χ1n) is 10.6. The molecule has 1 N–H and O–H groups in total. The van der Waals surface area contributed by atoms with Crippen LogP contribution in [-0.2, 0) is 17.8 Å². The van der Waals surface area contributed by atoms with Crippen LogP contribution in [0.3, 0.4) is 0 Å². The minimum Gasteiger partial charge on any atom is -1.00 e. The van der Waals surface area contributed by atoms with Crippen molar-refractivity contribution in [3.05, 3.63) is 127 Å². The van der Waals surface area contributed by atoms with Gasteiger partial charge in [0, 0.05) is 26.7 Å². The molecular formula is C25H20BrCl4N3O3. The number of nitro benzene ring substituents is 1. The van der Waals surface area contributed by atoms with Crippen LogP contribution in [0.2, 0.25) is 15.1 Å². The number of hydrogen-bond donors (Lipinski definition) is 1. The van der Waals surface area contributed by atoms with E-state index in [1.165, 1.54) is 6.07 Å². The van der Waals surface area contributed by atoms with Crippen molar-refractivity contribution in [3.63, 3.8) is 0 Å². The van der Waals surface area contributed by atoms with Crippen LogP contribution in [0.5, 0.6) is 0 Å². The van der Waals surface area contributed by atoms with Crippen molar-refractivity contribution >= 4 is 52.1 Å². The van der Waals surface area contributed by atoms with Crippen molar-refractivity contribution in [2.24, 2.45) is 0 Å². The topological polar surface area (TPSA) is 72.0 Å². The van der Waals surface area contributed by atoms with E-state index in [-0.39, 0.29) is 35.7 Å². The van der Waals surface area contributed by atoms with E-state index < -0.39 is 16.5 Å². The Morgan fingerprint density at radius 3 is 2.36 bits per heavy atom. The van der Waals surface area contributed by atoms with Crippen molar-refractivity contribution in [1.29, 1.82) is 0 Å². The molecular weight excluding hydrogens is 612 g/mol. The normalized spacial score (nSPS) is 12.6. The number of halogens is 5. The third-order valence-electron chi connectivity index (χ3n) is 5.49. The predicted molar refractivity (Wildman–Crippen MR) is 137 cm³/mol. The highest BCUT2D eigenvalue weighted by molar-refractivity contribution is 6.35. The summed E-state index contributed by atoms with van der Waals surface area (Å²) in [4.78, 5) is 14.2. The van der Waals surface area contributed by atoms with Gasteiger partial charge in [-0.3, -0.25) is 10.1 Å². The SMILES string of the molecule is O=[N+]([O-])c1ccccc1Cc1[nH]cc[n+]1C(Cl)C(OCc1ccc(Cl)cc1Cl)c1ccc(Cl)cc1.[Br-]. The Labute approximate surface area is 238 Å². The van der Waals surface area contributed by atoms with Gasteiger partial charge in [-0.05, 0) is 35.4 Å². The van der Waals surface area contributed by atoms with Crippen LogP contribution < -0.4 is 21.5 Å². The highest BCUT2D eigenvalue weighted by Gasteiger charge is 2.31. The molecule has 0 saturated carbocycles. The molecule has 188 valence electrons. The van der Waals surface area contributed by atoms with Gasteiger partial charge in [0.15, 0.2) is 0 Å². The van der Waals surface area contributed by atoms with Gasteiger partial charge in [0.25, 0.3) is 11.5 Å². The minimum atomic E-state index is -0.689. The zero-order valence-electron chi connectivity index (χ0n) is 18.6. The summed E-state index contributed by atoms with van der Waals surface area (Å²) >= 11 is 25.4. The lowest BCUT2D eigenvalue weighted by Gasteiger charge is -2.22. The van der Waals surface area contributed by atoms with Gasteiger partial charge in [-0.25, -0.2) is 9.55 Å². The summed E-state index contributed by atoms with van der Waals surface area (Å²) < 4.78 is 8.09. The third kappa shape index (κ3) is 6.79. The van der Waals surface area contributed by atoms with Crippen LogP contribution in [0.15, 0.2) is 79.1 Å². The lowest BCUT2D eigenvalue weighted by atomic mass is 10.1. The molecule has 2 atom stereocenters. The smallest absolute Gasteiger partial charge is 0.273 e. The number of aromatic amines is 1. The fraction of sp³-hybridized carbons (Fsp3) is 0.160. The third-order valence-corrected chi connectivity index (χ3v) is 6.77. The second kappa shape index (κ2) is 12.9. The second-order valence-electron chi connectivity index (χ2n) is 7.77. The molecule has 0 spiro atoms. The number of nitrogens with zero attached hydrogens (tertiary/aromatic N) is 2. The van der Waals surface area contributed by atoms with Crippen LogP contribution in [0.25, 0.3) is 0 Å². The van der Waals surface area contributed by atoms with Crippen molar-refractivity contribution in [3.8, 4) is 0 Å². The first-order chi connectivity index (χ1) is 16.8. The van der Waals surface area contributed by atoms with Gasteiger partial charge < -0.3 is 21.7 Å². The van der Waals surface area contributed by atoms with Gasteiger partial charge in [0.1, 0.15) is 18.5 Å². The number of nitro groups is 1. The van der Waals surface area contributed by atoms with E-state index in [9.17, 15) is 10.1 Å². The van der Waals surface area contributed by atoms with E-state index in [4.69, 9.17) is 51.1 Å². The molecule has 0 amide bonds. The second-order valence-corrected chi connectivity index (χ2v) is 9.50. The monoisotopic (exact) mass is 629 g/mol. The summed E-state index contributed by atoms with van der Waals surface area (Å²) in [5, 5.41) is 13.1. The Morgan fingerprint density at radius 2 is 1.67 bits per heavy atom. The van der Waals surface area contributed by atoms with Gasteiger partial charge in [-0.15, -0.1) is 0 Å². The Kier molecular flexibility index (Phi) is 10.2. The number of H-pyrrole nitrogens is 1. The number of alkyl halides is 1. The van der Waals surface area contributed by atoms with Crippen LogP contribution in [-0.4, -0.2) is 9.91 Å². The molecule has 0 saturated heterocycles. The largest absolute Gasteiger partial charge is 1.00 e. The molecule has 6 nitrogen and oxygen atoms in total. The molecule has 3 aromatic carbocycles. The lowest BCUT2D eigenvalue weighted by molar-refractivity contribution is -0.716. The van der Waals surface area contributed by atoms with Gasteiger partial charge in [-0.2, -0.15) is 0 Å². The molecule has 1 heterocycles. The maximum Gasteiger partial charge on any atom is 0.273 e.